The van der Waals surface area contributed by atoms with Crippen LogP contribution in [0.25, 0.3) is 21.9 Å². The SMILES string of the molecule is Cc1coc2c1c(C)cc1oc(=O)c(CC(=O)N3CCCC4=C[C@H]5C[C@H](CN6CCCC[C@H]56)[C@@H]43)c(C)c12. The summed E-state index contributed by atoms with van der Waals surface area (Å²) in [6.07, 6.45) is 11.6. The van der Waals surface area contributed by atoms with Gasteiger partial charge < -0.3 is 13.7 Å². The molecule has 6 heteroatoms. The number of carbonyl (C=O) groups excluding carboxylic acids is 1. The van der Waals surface area contributed by atoms with Crippen LogP contribution in [-0.2, 0) is 11.2 Å². The summed E-state index contributed by atoms with van der Waals surface area (Å²) in [5.74, 6) is 1.17. The molecule has 2 aromatic heterocycles. The molecule has 194 valence electrons. The topological polar surface area (TPSA) is 66.9 Å². The average molecular weight is 501 g/mol. The molecule has 1 aliphatic carbocycles. The fourth-order valence-corrected chi connectivity index (χ4v) is 8.18. The lowest BCUT2D eigenvalue weighted by Gasteiger charge is -2.54. The summed E-state index contributed by atoms with van der Waals surface area (Å²) in [6.45, 7) is 9.02. The molecule has 0 radical (unpaired) electrons. The molecule has 6 nitrogen and oxygen atoms in total. The van der Waals surface area contributed by atoms with E-state index in [4.69, 9.17) is 8.83 Å². The van der Waals surface area contributed by atoms with Gasteiger partial charge in [-0.05, 0) is 94.0 Å². The van der Waals surface area contributed by atoms with Crippen LogP contribution in [0.2, 0.25) is 0 Å². The van der Waals surface area contributed by atoms with Crippen molar-refractivity contribution in [2.24, 2.45) is 11.8 Å². The molecule has 3 aromatic rings. The first-order valence-electron chi connectivity index (χ1n) is 14.1. The molecule has 2 bridgehead atoms. The first kappa shape index (κ1) is 23.3. The van der Waals surface area contributed by atoms with Gasteiger partial charge in [-0.3, -0.25) is 9.69 Å². The molecule has 0 unspecified atom stereocenters. The van der Waals surface area contributed by atoms with Crippen molar-refractivity contribution >= 4 is 27.8 Å². The second kappa shape index (κ2) is 8.59. The first-order chi connectivity index (χ1) is 17.9. The van der Waals surface area contributed by atoms with E-state index in [-0.39, 0.29) is 18.4 Å². The van der Waals surface area contributed by atoms with E-state index in [2.05, 4.69) is 15.9 Å². The van der Waals surface area contributed by atoms with Crippen molar-refractivity contribution in [1.82, 2.24) is 9.80 Å². The van der Waals surface area contributed by atoms with E-state index in [0.717, 1.165) is 59.0 Å². The number of hydrogen-bond acceptors (Lipinski definition) is 5. The van der Waals surface area contributed by atoms with Gasteiger partial charge >= 0.3 is 5.63 Å². The van der Waals surface area contributed by atoms with Crippen molar-refractivity contribution < 1.29 is 13.6 Å². The second-order valence-electron chi connectivity index (χ2n) is 12.0. The average Bonchev–Trinajstić information content (AvgIpc) is 3.27. The summed E-state index contributed by atoms with van der Waals surface area (Å²) < 4.78 is 11.7. The predicted octanol–water partition coefficient (Wildman–Crippen LogP) is 5.43. The highest BCUT2D eigenvalue weighted by atomic mass is 16.4. The Hall–Kier alpha value is -2.86. The van der Waals surface area contributed by atoms with Crippen molar-refractivity contribution in [3.63, 3.8) is 0 Å². The van der Waals surface area contributed by atoms with Crippen LogP contribution in [0.5, 0.6) is 0 Å². The van der Waals surface area contributed by atoms with Crippen molar-refractivity contribution in [2.75, 3.05) is 19.6 Å². The summed E-state index contributed by atoms with van der Waals surface area (Å²) in [6, 6.07) is 2.78. The molecular formula is C31H36N2O4. The minimum Gasteiger partial charge on any atom is -0.463 e. The summed E-state index contributed by atoms with van der Waals surface area (Å²) in [5.41, 5.74) is 5.66. The molecule has 0 spiro atoms. The molecule has 37 heavy (non-hydrogen) atoms. The van der Waals surface area contributed by atoms with Crippen molar-refractivity contribution in [3.8, 4) is 0 Å². The number of carbonyl (C=O) groups is 1. The lowest BCUT2D eigenvalue weighted by molar-refractivity contribution is -0.135. The van der Waals surface area contributed by atoms with Crippen LogP contribution in [0, 0.1) is 32.6 Å². The Kier molecular flexibility index (Phi) is 5.40. The highest BCUT2D eigenvalue weighted by molar-refractivity contribution is 6.07. The Morgan fingerprint density at radius 1 is 1.08 bits per heavy atom. The third-order valence-electron chi connectivity index (χ3n) is 9.77. The van der Waals surface area contributed by atoms with E-state index < -0.39 is 5.63 Å². The van der Waals surface area contributed by atoms with E-state index in [1.54, 1.807) is 6.26 Å². The van der Waals surface area contributed by atoms with Crippen LogP contribution in [0.3, 0.4) is 0 Å². The molecule has 1 aromatic carbocycles. The Morgan fingerprint density at radius 3 is 2.81 bits per heavy atom. The lowest BCUT2D eigenvalue weighted by atomic mass is 9.68. The number of piperidine rings is 3. The highest BCUT2D eigenvalue weighted by Crippen LogP contribution is 2.45. The van der Waals surface area contributed by atoms with Crippen molar-refractivity contribution in [1.29, 1.82) is 0 Å². The number of nitrogens with zero attached hydrogens (tertiary/aromatic N) is 2. The predicted molar refractivity (Wildman–Crippen MR) is 144 cm³/mol. The summed E-state index contributed by atoms with van der Waals surface area (Å²) in [7, 11) is 0. The molecule has 7 rings (SSSR count). The molecule has 3 fully saturated rings. The van der Waals surface area contributed by atoms with Gasteiger partial charge in [0, 0.05) is 24.5 Å². The summed E-state index contributed by atoms with van der Waals surface area (Å²) in [5, 5.41) is 1.86. The third-order valence-corrected chi connectivity index (χ3v) is 9.77. The molecule has 4 aliphatic rings. The minimum atomic E-state index is -0.411. The number of fused-ring (bicyclic) bond motifs is 9. The quantitative estimate of drug-likeness (QED) is 0.347. The zero-order valence-electron chi connectivity index (χ0n) is 22.1. The normalized spacial score (nSPS) is 27.8. The fourth-order valence-electron chi connectivity index (χ4n) is 8.18. The van der Waals surface area contributed by atoms with E-state index in [9.17, 15) is 9.59 Å². The second-order valence-corrected chi connectivity index (χ2v) is 12.0. The van der Waals surface area contributed by atoms with Gasteiger partial charge in [0.2, 0.25) is 5.91 Å². The number of aryl methyl sites for hydroxylation is 3. The molecule has 0 N–H and O–H groups in total. The van der Waals surface area contributed by atoms with Gasteiger partial charge in [0.05, 0.1) is 29.7 Å². The van der Waals surface area contributed by atoms with Crippen LogP contribution in [0.15, 0.2) is 37.6 Å². The number of likely N-dealkylation sites (tertiary alicyclic amines) is 1. The largest absolute Gasteiger partial charge is 0.463 e. The highest BCUT2D eigenvalue weighted by Gasteiger charge is 2.47. The zero-order valence-corrected chi connectivity index (χ0v) is 22.1. The maximum atomic E-state index is 13.9. The third kappa shape index (κ3) is 3.55. The smallest absolute Gasteiger partial charge is 0.340 e. The molecule has 0 saturated carbocycles. The number of furan rings is 1. The fraction of sp³-hybridized carbons (Fsp3) is 0.548. The van der Waals surface area contributed by atoms with E-state index in [0.29, 0.717) is 29.0 Å². The lowest BCUT2D eigenvalue weighted by Crippen LogP contribution is -2.60. The van der Waals surface area contributed by atoms with E-state index in [1.807, 2.05) is 26.8 Å². The number of benzene rings is 1. The van der Waals surface area contributed by atoms with E-state index >= 15 is 0 Å². The van der Waals surface area contributed by atoms with Crippen LogP contribution in [0.4, 0.5) is 0 Å². The Bertz CT molecular complexity index is 1510. The Labute approximate surface area is 217 Å². The minimum absolute atomic E-state index is 0.0450. The van der Waals surface area contributed by atoms with Crippen molar-refractivity contribution in [3.05, 3.63) is 56.7 Å². The van der Waals surface area contributed by atoms with Gasteiger partial charge in [-0.2, -0.15) is 0 Å². The van der Waals surface area contributed by atoms with Crippen LogP contribution >= 0.6 is 0 Å². The summed E-state index contributed by atoms with van der Waals surface area (Å²) >= 11 is 0. The van der Waals surface area contributed by atoms with Gasteiger partial charge in [0.15, 0.2) is 0 Å². The molecule has 4 atom stereocenters. The van der Waals surface area contributed by atoms with Gasteiger partial charge in [-0.15, -0.1) is 0 Å². The maximum absolute atomic E-state index is 13.9. The molecule has 3 saturated heterocycles. The standard InChI is InChI=1S/C31H36N2O4/c1-17-11-25-28(30-27(17)18(2)16-36-30)19(3)23(31(35)37-25)14-26(34)33-10-6-7-20-12-21-13-22(29(20)33)15-32-9-5-4-8-24(21)32/h11-12,16,21-22,24,29H,4-10,13-15H2,1-3H3/t21-,22+,24+,29+/m0/s1. The van der Waals surface area contributed by atoms with Gasteiger partial charge in [-0.25, -0.2) is 4.79 Å². The molecule has 1 amide bonds. The Morgan fingerprint density at radius 2 is 1.95 bits per heavy atom. The van der Waals surface area contributed by atoms with Crippen LogP contribution in [-0.4, -0.2) is 47.4 Å². The monoisotopic (exact) mass is 500 g/mol. The van der Waals surface area contributed by atoms with Gasteiger partial charge in [-0.1, -0.05) is 18.1 Å². The molecule has 5 heterocycles. The summed E-state index contributed by atoms with van der Waals surface area (Å²) in [4.78, 5) is 31.9. The first-order valence-corrected chi connectivity index (χ1v) is 14.1. The number of amides is 1. The zero-order chi connectivity index (χ0) is 25.4. The number of hydrogen-bond donors (Lipinski definition) is 0. The van der Waals surface area contributed by atoms with Crippen LogP contribution in [0.1, 0.15) is 60.8 Å². The van der Waals surface area contributed by atoms with Crippen LogP contribution < -0.4 is 5.63 Å². The Balaban J connectivity index is 1.24. The van der Waals surface area contributed by atoms with Gasteiger partial charge in [0.25, 0.3) is 0 Å². The number of rotatable bonds is 2. The molecular weight excluding hydrogens is 464 g/mol. The van der Waals surface area contributed by atoms with Crippen molar-refractivity contribution in [2.45, 2.75) is 77.8 Å². The van der Waals surface area contributed by atoms with E-state index in [1.165, 1.54) is 37.8 Å². The maximum Gasteiger partial charge on any atom is 0.340 e. The van der Waals surface area contributed by atoms with Gasteiger partial charge in [0.1, 0.15) is 11.2 Å². The molecule has 3 aliphatic heterocycles.